The Morgan fingerprint density at radius 2 is 2.00 bits per heavy atom. The summed E-state index contributed by atoms with van der Waals surface area (Å²) in [5, 5.41) is 13.0. The zero-order chi connectivity index (χ0) is 17.6. The quantitative estimate of drug-likeness (QED) is 0.687. The molecule has 0 aliphatic heterocycles. The highest BCUT2D eigenvalue weighted by Crippen LogP contribution is 2.27. The van der Waals surface area contributed by atoms with E-state index in [9.17, 15) is 4.79 Å². The third-order valence-electron chi connectivity index (χ3n) is 3.48. The van der Waals surface area contributed by atoms with E-state index in [1.165, 1.54) is 0 Å². The molecule has 1 heterocycles. The van der Waals surface area contributed by atoms with Crippen LogP contribution < -0.4 is 4.74 Å². The third kappa shape index (κ3) is 4.58. The van der Waals surface area contributed by atoms with Crippen molar-refractivity contribution in [2.75, 3.05) is 0 Å². The highest BCUT2D eigenvalue weighted by atomic mass is 35.5. The van der Waals surface area contributed by atoms with Gasteiger partial charge in [-0.2, -0.15) is 4.98 Å². The van der Waals surface area contributed by atoms with E-state index in [2.05, 4.69) is 10.1 Å². The maximum Gasteiger partial charge on any atom is 0.303 e. The number of carbonyl (C=O) groups is 1. The van der Waals surface area contributed by atoms with Gasteiger partial charge in [0.05, 0.1) is 5.02 Å². The van der Waals surface area contributed by atoms with Crippen LogP contribution in [-0.2, 0) is 17.8 Å². The predicted molar refractivity (Wildman–Crippen MR) is 91.5 cm³/mol. The Morgan fingerprint density at radius 3 is 2.72 bits per heavy atom. The van der Waals surface area contributed by atoms with Gasteiger partial charge >= 0.3 is 5.97 Å². The molecule has 0 saturated heterocycles. The number of carboxylic acid groups (broad SMARTS) is 1. The molecule has 1 N–H and O–H groups in total. The minimum absolute atomic E-state index is 0.0563. The number of halogens is 1. The van der Waals surface area contributed by atoms with Gasteiger partial charge in [-0.25, -0.2) is 0 Å². The van der Waals surface area contributed by atoms with Gasteiger partial charge in [-0.15, -0.1) is 0 Å². The Kier molecular flexibility index (Phi) is 5.30. The van der Waals surface area contributed by atoms with Crippen LogP contribution in [-0.4, -0.2) is 21.2 Å². The predicted octanol–water partition coefficient (Wildman–Crippen LogP) is 3.99. The van der Waals surface area contributed by atoms with Crippen molar-refractivity contribution in [3.8, 4) is 17.1 Å². The number of rotatable bonds is 7. The molecular weight excluding hydrogens is 344 g/mol. The van der Waals surface area contributed by atoms with E-state index in [1.54, 1.807) is 18.2 Å². The van der Waals surface area contributed by atoms with E-state index in [1.807, 2.05) is 30.3 Å². The molecule has 0 aliphatic carbocycles. The van der Waals surface area contributed by atoms with E-state index in [0.29, 0.717) is 28.9 Å². The van der Waals surface area contributed by atoms with Crippen LogP contribution in [0.3, 0.4) is 0 Å². The summed E-state index contributed by atoms with van der Waals surface area (Å²) in [6, 6.07) is 14.7. The molecule has 6 nitrogen and oxygen atoms in total. The number of hydrogen-bond donors (Lipinski definition) is 1. The molecular formula is C18H15ClN2O4. The van der Waals surface area contributed by atoms with Gasteiger partial charge in [0.25, 0.3) is 5.89 Å². The van der Waals surface area contributed by atoms with Crippen LogP contribution in [0.1, 0.15) is 17.9 Å². The van der Waals surface area contributed by atoms with E-state index >= 15 is 0 Å². The number of aliphatic carboxylic acids is 1. The highest BCUT2D eigenvalue weighted by Gasteiger charge is 2.10. The summed E-state index contributed by atoms with van der Waals surface area (Å²) in [5.74, 6) is 0.460. The smallest absolute Gasteiger partial charge is 0.303 e. The number of benzene rings is 2. The first-order valence-corrected chi connectivity index (χ1v) is 8.00. The maximum atomic E-state index is 10.6. The Balaban J connectivity index is 1.62. The summed E-state index contributed by atoms with van der Waals surface area (Å²) in [5.41, 5.74) is 1.70. The van der Waals surface area contributed by atoms with Crippen molar-refractivity contribution in [3.05, 3.63) is 65.0 Å². The van der Waals surface area contributed by atoms with Gasteiger partial charge in [-0.3, -0.25) is 4.79 Å². The number of ether oxygens (including phenoxy) is 1. The van der Waals surface area contributed by atoms with Crippen LogP contribution in [0.4, 0.5) is 0 Å². The molecule has 128 valence electrons. The maximum absolute atomic E-state index is 10.6. The van der Waals surface area contributed by atoms with Crippen molar-refractivity contribution in [1.29, 1.82) is 0 Å². The molecule has 25 heavy (non-hydrogen) atoms. The summed E-state index contributed by atoms with van der Waals surface area (Å²) in [6.45, 7) is 0.0913. The molecule has 0 radical (unpaired) electrons. The average Bonchev–Trinajstić information content (AvgIpc) is 3.09. The Bertz CT molecular complexity index is 865. The lowest BCUT2D eigenvalue weighted by molar-refractivity contribution is -0.136. The van der Waals surface area contributed by atoms with Gasteiger partial charge in [0.15, 0.2) is 6.61 Å². The van der Waals surface area contributed by atoms with Gasteiger partial charge in [0.2, 0.25) is 5.82 Å². The fourth-order valence-electron chi connectivity index (χ4n) is 2.23. The zero-order valence-electron chi connectivity index (χ0n) is 13.2. The van der Waals surface area contributed by atoms with E-state index in [-0.39, 0.29) is 13.0 Å². The van der Waals surface area contributed by atoms with Gasteiger partial charge in [0.1, 0.15) is 5.75 Å². The molecule has 2 aromatic carbocycles. The second kappa shape index (κ2) is 7.81. The molecule has 0 saturated carbocycles. The van der Waals surface area contributed by atoms with Crippen LogP contribution in [0.2, 0.25) is 5.02 Å². The van der Waals surface area contributed by atoms with Crippen molar-refractivity contribution in [2.45, 2.75) is 19.4 Å². The number of hydrogen-bond acceptors (Lipinski definition) is 5. The molecule has 0 atom stereocenters. The molecule has 0 unspecified atom stereocenters. The number of aryl methyl sites for hydroxylation is 1. The van der Waals surface area contributed by atoms with Crippen molar-refractivity contribution >= 4 is 17.6 Å². The second-order valence-corrected chi connectivity index (χ2v) is 5.73. The minimum Gasteiger partial charge on any atom is -0.482 e. The molecule has 0 fully saturated rings. The Hall–Kier alpha value is -2.86. The first-order chi connectivity index (χ1) is 12.1. The fraction of sp³-hybridized carbons (Fsp3) is 0.167. The normalized spacial score (nSPS) is 10.6. The van der Waals surface area contributed by atoms with Gasteiger partial charge in [0, 0.05) is 12.0 Å². The lowest BCUT2D eigenvalue weighted by Crippen LogP contribution is -1.99. The lowest BCUT2D eigenvalue weighted by atomic mass is 10.1. The first-order valence-electron chi connectivity index (χ1n) is 7.63. The standard InChI is InChI=1S/C18H15ClN2O4/c19-14-10-12(7-9-17(22)23)6-8-15(14)24-11-16-20-18(21-25-16)13-4-2-1-3-5-13/h1-6,8,10H,7,9,11H2,(H,22,23). The van der Waals surface area contributed by atoms with Crippen LogP contribution in [0.25, 0.3) is 11.4 Å². The largest absolute Gasteiger partial charge is 0.482 e. The highest BCUT2D eigenvalue weighted by molar-refractivity contribution is 6.32. The van der Waals surface area contributed by atoms with Crippen LogP contribution in [0.5, 0.6) is 5.75 Å². The summed E-state index contributed by atoms with van der Waals surface area (Å²) in [7, 11) is 0. The van der Waals surface area contributed by atoms with Crippen molar-refractivity contribution < 1.29 is 19.2 Å². The Labute approximate surface area is 149 Å². The fourth-order valence-corrected chi connectivity index (χ4v) is 2.48. The second-order valence-electron chi connectivity index (χ2n) is 5.32. The lowest BCUT2D eigenvalue weighted by Gasteiger charge is -2.07. The zero-order valence-corrected chi connectivity index (χ0v) is 13.9. The summed E-state index contributed by atoms with van der Waals surface area (Å²) < 4.78 is 10.8. The molecule has 7 heteroatoms. The monoisotopic (exact) mass is 358 g/mol. The molecule has 3 rings (SSSR count). The summed E-state index contributed by atoms with van der Waals surface area (Å²) >= 11 is 6.17. The van der Waals surface area contributed by atoms with Crippen molar-refractivity contribution in [2.24, 2.45) is 0 Å². The number of nitrogens with zero attached hydrogens (tertiary/aromatic N) is 2. The topological polar surface area (TPSA) is 85.5 Å². The van der Waals surface area contributed by atoms with Crippen molar-refractivity contribution in [1.82, 2.24) is 10.1 Å². The average molecular weight is 359 g/mol. The Morgan fingerprint density at radius 1 is 1.20 bits per heavy atom. The molecule has 0 spiro atoms. The van der Waals surface area contributed by atoms with Crippen LogP contribution >= 0.6 is 11.6 Å². The van der Waals surface area contributed by atoms with Gasteiger partial charge < -0.3 is 14.4 Å². The number of aromatic nitrogens is 2. The van der Waals surface area contributed by atoms with Crippen molar-refractivity contribution in [3.63, 3.8) is 0 Å². The minimum atomic E-state index is -0.845. The molecule has 1 aromatic heterocycles. The van der Waals surface area contributed by atoms with E-state index in [0.717, 1.165) is 11.1 Å². The summed E-state index contributed by atoms with van der Waals surface area (Å²) in [6.07, 6.45) is 0.472. The molecule has 0 amide bonds. The van der Waals surface area contributed by atoms with Gasteiger partial charge in [-0.05, 0) is 24.1 Å². The molecule has 3 aromatic rings. The van der Waals surface area contributed by atoms with Gasteiger partial charge in [-0.1, -0.05) is 53.2 Å². The third-order valence-corrected chi connectivity index (χ3v) is 3.77. The van der Waals surface area contributed by atoms with E-state index in [4.69, 9.17) is 26.0 Å². The summed E-state index contributed by atoms with van der Waals surface area (Å²) in [4.78, 5) is 14.9. The van der Waals surface area contributed by atoms with E-state index < -0.39 is 5.97 Å². The number of carboxylic acids is 1. The molecule has 0 aliphatic rings. The van der Waals surface area contributed by atoms with Crippen LogP contribution in [0, 0.1) is 0 Å². The SMILES string of the molecule is O=C(O)CCc1ccc(OCc2nc(-c3ccccc3)no2)c(Cl)c1. The van der Waals surface area contributed by atoms with Crippen LogP contribution in [0.15, 0.2) is 53.1 Å². The first kappa shape index (κ1) is 17.0. The molecule has 0 bridgehead atoms.